The highest BCUT2D eigenvalue weighted by Crippen LogP contribution is 2.27. The third kappa shape index (κ3) is 2.77. The maximum Gasteiger partial charge on any atom is 0.108 e. The van der Waals surface area contributed by atoms with Crippen LogP contribution in [0.1, 0.15) is 16.6 Å². The first-order valence-corrected chi connectivity index (χ1v) is 8.56. The van der Waals surface area contributed by atoms with E-state index < -0.39 is 0 Å². The monoisotopic (exact) mass is 309 g/mol. The average molecular weight is 309 g/mol. The number of hydrogen-bond acceptors (Lipinski definition) is 4. The van der Waals surface area contributed by atoms with Crippen LogP contribution in [0.4, 0.5) is 0 Å². The number of nitrogens with zero attached hydrogens (tertiary/aromatic N) is 2. The van der Waals surface area contributed by atoms with Crippen molar-refractivity contribution in [2.45, 2.75) is 12.6 Å². The number of piperazine rings is 1. The molecule has 1 aliphatic rings. The zero-order valence-corrected chi connectivity index (χ0v) is 13.2. The Morgan fingerprint density at radius 2 is 1.91 bits per heavy atom. The van der Waals surface area contributed by atoms with Gasteiger partial charge >= 0.3 is 0 Å². The minimum atomic E-state index is 0.432. The highest BCUT2D eigenvalue weighted by Gasteiger charge is 2.24. The summed E-state index contributed by atoms with van der Waals surface area (Å²) in [6.45, 7) is 4.05. The number of hydrogen-bond donors (Lipinski definition) is 1. The Bertz CT molecular complexity index is 720. The van der Waals surface area contributed by atoms with Gasteiger partial charge in [0.25, 0.3) is 0 Å². The van der Waals surface area contributed by atoms with Gasteiger partial charge in [-0.1, -0.05) is 42.5 Å². The van der Waals surface area contributed by atoms with Crippen LogP contribution >= 0.6 is 11.3 Å². The Hall–Kier alpha value is -1.75. The molecule has 1 aliphatic heterocycles. The minimum Gasteiger partial charge on any atom is -0.314 e. The van der Waals surface area contributed by atoms with Crippen LogP contribution in [0.25, 0.3) is 10.2 Å². The first-order valence-electron chi connectivity index (χ1n) is 7.74. The second-order valence-electron chi connectivity index (χ2n) is 5.68. The highest BCUT2D eigenvalue weighted by molar-refractivity contribution is 7.18. The molecule has 0 saturated carbocycles. The van der Waals surface area contributed by atoms with Crippen LogP contribution in [-0.2, 0) is 6.54 Å². The van der Waals surface area contributed by atoms with E-state index in [1.807, 2.05) is 11.3 Å². The van der Waals surface area contributed by atoms with E-state index in [0.717, 1.165) is 31.7 Å². The number of benzene rings is 2. The summed E-state index contributed by atoms with van der Waals surface area (Å²) < 4.78 is 1.28. The summed E-state index contributed by atoms with van der Waals surface area (Å²) in [7, 11) is 0. The van der Waals surface area contributed by atoms with Gasteiger partial charge in [-0.3, -0.25) is 4.90 Å². The number of thiazole rings is 1. The standard InChI is InChI=1S/C18H19N3S/c1-2-6-14(7-3-1)16-12-19-10-11-21(16)13-18-20-15-8-4-5-9-17(15)22-18/h1-9,16,19H,10-13H2. The summed E-state index contributed by atoms with van der Waals surface area (Å²) in [6.07, 6.45) is 0. The van der Waals surface area contributed by atoms with Gasteiger partial charge in [0.1, 0.15) is 5.01 Å². The van der Waals surface area contributed by atoms with Crippen LogP contribution in [0, 0.1) is 0 Å². The molecule has 4 rings (SSSR count). The zero-order valence-electron chi connectivity index (χ0n) is 12.4. The summed E-state index contributed by atoms with van der Waals surface area (Å²) in [6, 6.07) is 19.6. The number of fused-ring (bicyclic) bond motifs is 1. The van der Waals surface area contributed by atoms with Gasteiger partial charge in [0.2, 0.25) is 0 Å². The molecule has 1 N–H and O–H groups in total. The molecular weight excluding hydrogens is 290 g/mol. The zero-order chi connectivity index (χ0) is 14.8. The average Bonchev–Trinajstić information content (AvgIpc) is 2.98. The summed E-state index contributed by atoms with van der Waals surface area (Å²) in [5.74, 6) is 0. The van der Waals surface area contributed by atoms with Gasteiger partial charge in [0.15, 0.2) is 0 Å². The molecule has 22 heavy (non-hydrogen) atoms. The molecule has 1 atom stereocenters. The maximum atomic E-state index is 4.79. The van der Waals surface area contributed by atoms with E-state index in [4.69, 9.17) is 4.98 Å². The molecule has 1 saturated heterocycles. The highest BCUT2D eigenvalue weighted by atomic mass is 32.1. The molecule has 1 unspecified atom stereocenters. The number of nitrogens with one attached hydrogen (secondary N) is 1. The van der Waals surface area contributed by atoms with Gasteiger partial charge < -0.3 is 5.32 Å². The van der Waals surface area contributed by atoms with Crippen LogP contribution < -0.4 is 5.32 Å². The smallest absolute Gasteiger partial charge is 0.108 e. The molecule has 0 aliphatic carbocycles. The molecule has 112 valence electrons. The fourth-order valence-electron chi connectivity index (χ4n) is 3.10. The van der Waals surface area contributed by atoms with Crippen molar-refractivity contribution in [2.24, 2.45) is 0 Å². The first-order chi connectivity index (χ1) is 10.9. The third-order valence-corrected chi connectivity index (χ3v) is 5.24. The number of para-hydroxylation sites is 1. The Morgan fingerprint density at radius 1 is 1.09 bits per heavy atom. The van der Waals surface area contributed by atoms with Crippen LogP contribution in [0.3, 0.4) is 0 Å². The summed E-state index contributed by atoms with van der Waals surface area (Å²) in [5, 5.41) is 4.73. The molecule has 2 heterocycles. The van der Waals surface area contributed by atoms with Crippen molar-refractivity contribution in [3.63, 3.8) is 0 Å². The maximum absolute atomic E-state index is 4.79. The Labute approximate surface area is 134 Å². The fourth-order valence-corrected chi connectivity index (χ4v) is 4.09. The van der Waals surface area contributed by atoms with Crippen molar-refractivity contribution in [1.29, 1.82) is 0 Å². The van der Waals surface area contributed by atoms with Gasteiger partial charge in [0, 0.05) is 25.7 Å². The molecule has 0 amide bonds. The lowest BCUT2D eigenvalue weighted by Gasteiger charge is -2.36. The molecule has 1 fully saturated rings. The Balaban J connectivity index is 1.59. The predicted molar refractivity (Wildman–Crippen MR) is 92.1 cm³/mol. The lowest BCUT2D eigenvalue weighted by molar-refractivity contribution is 0.153. The number of aromatic nitrogens is 1. The molecular formula is C18H19N3S. The molecule has 3 nitrogen and oxygen atoms in total. The molecule has 3 aromatic rings. The molecule has 1 aromatic heterocycles. The lowest BCUT2D eigenvalue weighted by Crippen LogP contribution is -2.45. The van der Waals surface area contributed by atoms with Crippen molar-refractivity contribution in [2.75, 3.05) is 19.6 Å². The minimum absolute atomic E-state index is 0.432. The third-order valence-electron chi connectivity index (χ3n) is 4.22. The molecule has 2 aromatic carbocycles. The van der Waals surface area contributed by atoms with E-state index in [2.05, 4.69) is 64.8 Å². The van der Waals surface area contributed by atoms with Crippen molar-refractivity contribution < 1.29 is 0 Å². The SMILES string of the molecule is c1ccc(C2CNCCN2Cc2nc3ccccc3s2)cc1. The first kappa shape index (κ1) is 13.9. The second kappa shape index (κ2) is 6.16. The van der Waals surface area contributed by atoms with Crippen molar-refractivity contribution >= 4 is 21.6 Å². The lowest BCUT2D eigenvalue weighted by atomic mass is 10.0. The van der Waals surface area contributed by atoms with E-state index in [1.165, 1.54) is 15.3 Å². The molecule has 0 spiro atoms. The Morgan fingerprint density at radius 3 is 2.77 bits per heavy atom. The largest absolute Gasteiger partial charge is 0.314 e. The summed E-state index contributed by atoms with van der Waals surface area (Å²) in [5.41, 5.74) is 2.50. The van der Waals surface area contributed by atoms with E-state index in [-0.39, 0.29) is 0 Å². The number of rotatable bonds is 3. The van der Waals surface area contributed by atoms with Gasteiger partial charge in [-0.2, -0.15) is 0 Å². The molecule has 4 heteroatoms. The van der Waals surface area contributed by atoms with E-state index in [9.17, 15) is 0 Å². The van der Waals surface area contributed by atoms with Crippen molar-refractivity contribution in [3.05, 3.63) is 65.2 Å². The van der Waals surface area contributed by atoms with E-state index in [0.29, 0.717) is 6.04 Å². The predicted octanol–water partition coefficient (Wildman–Crippen LogP) is 3.44. The summed E-state index contributed by atoms with van der Waals surface area (Å²) in [4.78, 5) is 7.34. The van der Waals surface area contributed by atoms with Crippen LogP contribution in [0.5, 0.6) is 0 Å². The topological polar surface area (TPSA) is 28.2 Å². The quantitative estimate of drug-likeness (QED) is 0.803. The fraction of sp³-hybridized carbons (Fsp3) is 0.278. The van der Waals surface area contributed by atoms with Crippen LogP contribution in [0.2, 0.25) is 0 Å². The van der Waals surface area contributed by atoms with Gasteiger partial charge in [0.05, 0.1) is 16.8 Å². The van der Waals surface area contributed by atoms with E-state index in [1.54, 1.807) is 0 Å². The van der Waals surface area contributed by atoms with Gasteiger partial charge in [-0.05, 0) is 17.7 Å². The van der Waals surface area contributed by atoms with Gasteiger partial charge in [-0.25, -0.2) is 4.98 Å². The Kier molecular flexibility index (Phi) is 3.89. The van der Waals surface area contributed by atoms with Crippen molar-refractivity contribution in [3.8, 4) is 0 Å². The molecule has 0 radical (unpaired) electrons. The van der Waals surface area contributed by atoms with Crippen LogP contribution in [-0.4, -0.2) is 29.5 Å². The normalized spacial score (nSPS) is 19.5. The van der Waals surface area contributed by atoms with Crippen LogP contribution in [0.15, 0.2) is 54.6 Å². The second-order valence-corrected chi connectivity index (χ2v) is 6.79. The molecule has 0 bridgehead atoms. The van der Waals surface area contributed by atoms with Crippen molar-refractivity contribution in [1.82, 2.24) is 15.2 Å². The summed E-state index contributed by atoms with van der Waals surface area (Å²) >= 11 is 1.81. The van der Waals surface area contributed by atoms with Gasteiger partial charge in [-0.15, -0.1) is 11.3 Å². The van der Waals surface area contributed by atoms with E-state index >= 15 is 0 Å².